The van der Waals surface area contributed by atoms with Gasteiger partial charge in [-0.1, -0.05) is 25.0 Å². The molecule has 0 bridgehead atoms. The van der Waals surface area contributed by atoms with E-state index in [1.165, 1.54) is 61.9 Å². The Morgan fingerprint density at radius 1 is 1.15 bits per heavy atom. The molecular weight excluding hydrogens is 244 g/mol. The molecule has 1 aromatic rings. The van der Waals surface area contributed by atoms with Crippen LogP contribution in [0.1, 0.15) is 49.7 Å². The number of rotatable bonds is 3. The Hall–Kier alpha value is -1.02. The number of aryl methyl sites for hydroxylation is 1. The summed E-state index contributed by atoms with van der Waals surface area (Å²) in [5.74, 6) is 0.953. The SMILES string of the molecule is CNCc1ccc(N2CCC[C@H]3CCCC[C@H]32)c(C)c1. The van der Waals surface area contributed by atoms with E-state index < -0.39 is 0 Å². The van der Waals surface area contributed by atoms with E-state index in [0.717, 1.165) is 18.5 Å². The van der Waals surface area contributed by atoms with Gasteiger partial charge in [0, 0.05) is 24.8 Å². The predicted molar refractivity (Wildman–Crippen MR) is 86.3 cm³/mol. The molecule has 0 amide bonds. The highest BCUT2D eigenvalue weighted by molar-refractivity contribution is 5.55. The van der Waals surface area contributed by atoms with Crippen LogP contribution in [0.2, 0.25) is 0 Å². The summed E-state index contributed by atoms with van der Waals surface area (Å²) in [4.78, 5) is 2.73. The van der Waals surface area contributed by atoms with Crippen LogP contribution in [-0.2, 0) is 6.54 Å². The number of hydrogen-bond acceptors (Lipinski definition) is 2. The highest BCUT2D eigenvalue weighted by Crippen LogP contribution is 2.38. The molecule has 1 N–H and O–H groups in total. The van der Waals surface area contributed by atoms with Crippen LogP contribution in [0.3, 0.4) is 0 Å². The third-order valence-corrected chi connectivity index (χ3v) is 5.19. The Balaban J connectivity index is 1.83. The van der Waals surface area contributed by atoms with Gasteiger partial charge in [-0.3, -0.25) is 0 Å². The zero-order valence-electron chi connectivity index (χ0n) is 13.0. The largest absolute Gasteiger partial charge is 0.368 e. The van der Waals surface area contributed by atoms with Crippen LogP contribution in [-0.4, -0.2) is 19.6 Å². The molecule has 0 radical (unpaired) electrons. The minimum absolute atomic E-state index is 0.811. The van der Waals surface area contributed by atoms with E-state index >= 15 is 0 Å². The summed E-state index contributed by atoms with van der Waals surface area (Å²) in [5.41, 5.74) is 4.33. The Morgan fingerprint density at radius 2 is 1.95 bits per heavy atom. The molecule has 1 saturated carbocycles. The second-order valence-corrected chi connectivity index (χ2v) is 6.60. The fraction of sp³-hybridized carbons (Fsp3) is 0.667. The topological polar surface area (TPSA) is 15.3 Å². The van der Waals surface area contributed by atoms with Crippen molar-refractivity contribution in [3.05, 3.63) is 29.3 Å². The van der Waals surface area contributed by atoms with Crippen LogP contribution < -0.4 is 10.2 Å². The number of nitrogens with one attached hydrogen (secondary N) is 1. The molecule has 1 saturated heterocycles. The molecule has 2 aliphatic rings. The number of anilines is 1. The number of hydrogen-bond donors (Lipinski definition) is 1. The van der Waals surface area contributed by atoms with Gasteiger partial charge in [0.15, 0.2) is 0 Å². The lowest BCUT2D eigenvalue weighted by atomic mass is 9.78. The van der Waals surface area contributed by atoms with Crippen LogP contribution in [0, 0.1) is 12.8 Å². The van der Waals surface area contributed by atoms with Gasteiger partial charge in [-0.25, -0.2) is 0 Å². The zero-order chi connectivity index (χ0) is 13.9. The summed E-state index contributed by atoms with van der Waals surface area (Å²) in [5, 5.41) is 3.24. The van der Waals surface area contributed by atoms with Crippen LogP contribution >= 0.6 is 0 Å². The Morgan fingerprint density at radius 3 is 2.75 bits per heavy atom. The van der Waals surface area contributed by atoms with Crippen LogP contribution in [0.4, 0.5) is 5.69 Å². The molecule has 0 spiro atoms. The normalized spacial score (nSPS) is 26.4. The molecule has 2 fully saturated rings. The highest BCUT2D eigenvalue weighted by atomic mass is 15.2. The molecule has 3 rings (SSSR count). The summed E-state index contributed by atoms with van der Waals surface area (Å²) in [6.45, 7) is 4.50. The number of piperidine rings is 1. The van der Waals surface area contributed by atoms with Crippen LogP contribution in [0.15, 0.2) is 18.2 Å². The van der Waals surface area contributed by atoms with Gasteiger partial charge in [-0.15, -0.1) is 0 Å². The first-order valence-electron chi connectivity index (χ1n) is 8.30. The molecule has 20 heavy (non-hydrogen) atoms. The van der Waals surface area contributed by atoms with Gasteiger partial charge in [0.2, 0.25) is 0 Å². The monoisotopic (exact) mass is 272 g/mol. The number of nitrogens with zero attached hydrogens (tertiary/aromatic N) is 1. The van der Waals surface area contributed by atoms with Crippen molar-refractivity contribution in [2.24, 2.45) is 5.92 Å². The quantitative estimate of drug-likeness (QED) is 0.898. The first-order chi connectivity index (χ1) is 9.79. The van der Waals surface area contributed by atoms with Gasteiger partial charge >= 0.3 is 0 Å². The van der Waals surface area contributed by atoms with Crippen molar-refractivity contribution in [2.45, 2.75) is 58.0 Å². The van der Waals surface area contributed by atoms with Gasteiger partial charge in [0.25, 0.3) is 0 Å². The molecule has 0 unspecified atom stereocenters. The minimum atomic E-state index is 0.811. The van der Waals surface area contributed by atoms with Crippen molar-refractivity contribution in [2.75, 3.05) is 18.5 Å². The zero-order valence-corrected chi connectivity index (χ0v) is 13.0. The predicted octanol–water partition coefficient (Wildman–Crippen LogP) is 3.87. The molecular formula is C18H28N2. The summed E-state index contributed by atoms with van der Waals surface area (Å²) in [6.07, 6.45) is 8.57. The molecule has 1 aliphatic carbocycles. The van der Waals surface area contributed by atoms with Gasteiger partial charge < -0.3 is 10.2 Å². The Labute approximate surface area is 123 Å². The third-order valence-electron chi connectivity index (χ3n) is 5.19. The van der Waals surface area contributed by atoms with Crippen molar-refractivity contribution in [3.8, 4) is 0 Å². The molecule has 0 aromatic heterocycles. The standard InChI is InChI=1S/C18H28N2/c1-14-12-15(13-19-2)9-10-17(14)20-11-5-7-16-6-3-4-8-18(16)20/h9-10,12,16,18-19H,3-8,11,13H2,1-2H3/t16-,18-/m1/s1. The van der Waals surface area contributed by atoms with Crippen molar-refractivity contribution in [1.29, 1.82) is 0 Å². The van der Waals surface area contributed by atoms with E-state index in [4.69, 9.17) is 0 Å². The van der Waals surface area contributed by atoms with Gasteiger partial charge in [0.1, 0.15) is 0 Å². The first-order valence-corrected chi connectivity index (χ1v) is 8.30. The maximum Gasteiger partial charge on any atom is 0.0398 e. The fourth-order valence-corrected chi connectivity index (χ4v) is 4.28. The Bertz CT molecular complexity index is 453. The number of fused-ring (bicyclic) bond motifs is 1. The molecule has 1 aromatic carbocycles. The third kappa shape index (κ3) is 2.71. The van der Waals surface area contributed by atoms with Gasteiger partial charge in [-0.2, -0.15) is 0 Å². The molecule has 1 aliphatic heterocycles. The number of benzene rings is 1. The molecule has 2 atom stereocenters. The van der Waals surface area contributed by atoms with Crippen molar-refractivity contribution >= 4 is 5.69 Å². The fourth-order valence-electron chi connectivity index (χ4n) is 4.28. The summed E-state index contributed by atoms with van der Waals surface area (Å²) in [7, 11) is 2.01. The lowest BCUT2D eigenvalue weighted by Crippen LogP contribution is -2.47. The van der Waals surface area contributed by atoms with E-state index in [1.54, 1.807) is 0 Å². The average molecular weight is 272 g/mol. The van der Waals surface area contributed by atoms with Crippen molar-refractivity contribution < 1.29 is 0 Å². The van der Waals surface area contributed by atoms with E-state index in [-0.39, 0.29) is 0 Å². The summed E-state index contributed by atoms with van der Waals surface area (Å²) < 4.78 is 0. The highest BCUT2D eigenvalue weighted by Gasteiger charge is 2.33. The lowest BCUT2D eigenvalue weighted by molar-refractivity contribution is 0.243. The van der Waals surface area contributed by atoms with Crippen molar-refractivity contribution in [3.63, 3.8) is 0 Å². The van der Waals surface area contributed by atoms with E-state index in [2.05, 4.69) is 35.3 Å². The van der Waals surface area contributed by atoms with Crippen molar-refractivity contribution in [1.82, 2.24) is 5.32 Å². The van der Waals surface area contributed by atoms with E-state index in [1.807, 2.05) is 7.05 Å². The second kappa shape index (κ2) is 6.17. The summed E-state index contributed by atoms with van der Waals surface area (Å²) in [6, 6.07) is 7.83. The minimum Gasteiger partial charge on any atom is -0.368 e. The second-order valence-electron chi connectivity index (χ2n) is 6.60. The molecule has 110 valence electrons. The molecule has 2 nitrogen and oxygen atoms in total. The maximum atomic E-state index is 3.24. The first kappa shape index (κ1) is 13.9. The lowest BCUT2D eigenvalue weighted by Gasteiger charge is -2.46. The van der Waals surface area contributed by atoms with Crippen LogP contribution in [0.5, 0.6) is 0 Å². The van der Waals surface area contributed by atoms with Gasteiger partial charge in [0.05, 0.1) is 0 Å². The van der Waals surface area contributed by atoms with E-state index in [9.17, 15) is 0 Å². The Kier molecular flexibility index (Phi) is 4.30. The molecule has 2 heteroatoms. The van der Waals surface area contributed by atoms with Crippen LogP contribution in [0.25, 0.3) is 0 Å². The molecule has 1 heterocycles. The smallest absolute Gasteiger partial charge is 0.0398 e. The van der Waals surface area contributed by atoms with E-state index in [0.29, 0.717) is 0 Å². The van der Waals surface area contributed by atoms with Gasteiger partial charge in [-0.05, 0) is 62.8 Å². The summed E-state index contributed by atoms with van der Waals surface area (Å²) >= 11 is 0. The average Bonchev–Trinajstić information content (AvgIpc) is 2.47. The maximum absolute atomic E-state index is 3.24.